The maximum Gasteiger partial charge on any atom is 0.317 e. The highest BCUT2D eigenvalue weighted by Crippen LogP contribution is 2.21. The molecule has 29 heavy (non-hydrogen) atoms. The number of nitrogens with zero attached hydrogens (tertiary/aromatic N) is 4. The Labute approximate surface area is 169 Å². The zero-order chi connectivity index (χ0) is 20.1. The lowest BCUT2D eigenvalue weighted by atomic mass is 9.94. The Kier molecular flexibility index (Phi) is 5.84. The number of hydrogen-bond acceptors (Lipinski definition) is 3. The summed E-state index contributed by atoms with van der Waals surface area (Å²) < 4.78 is 15.0. The number of rotatable bonds is 5. The van der Waals surface area contributed by atoms with Crippen LogP contribution in [-0.2, 0) is 13.0 Å². The van der Waals surface area contributed by atoms with Gasteiger partial charge in [0.25, 0.3) is 0 Å². The Balaban J connectivity index is 1.35. The first-order valence-corrected chi connectivity index (χ1v) is 9.90. The molecule has 2 heterocycles. The molecule has 1 atom stereocenters. The van der Waals surface area contributed by atoms with Crippen molar-refractivity contribution in [3.05, 3.63) is 78.1 Å². The number of amides is 2. The lowest BCUT2D eigenvalue weighted by Crippen LogP contribution is -2.45. The summed E-state index contributed by atoms with van der Waals surface area (Å²) in [5.74, 6) is 0.976. The molecule has 0 spiro atoms. The van der Waals surface area contributed by atoms with Gasteiger partial charge in [-0.2, -0.15) is 0 Å². The average Bonchev–Trinajstić information content (AvgIpc) is 3.22. The standard InChI is InChI=1S/C22H24FN5O/c23-19-10-8-17(9-11-19)14-24-22(29)27-12-4-5-18(15-27)13-21-26-25-16-28(21)20-6-2-1-3-7-20/h1-3,6-11,16,18H,4-5,12-15H2,(H,24,29). The number of likely N-dealkylation sites (tertiary alicyclic amines) is 1. The van der Waals surface area contributed by atoms with Crippen LogP contribution < -0.4 is 5.32 Å². The molecule has 4 rings (SSSR count). The van der Waals surface area contributed by atoms with Crippen molar-refractivity contribution in [2.24, 2.45) is 5.92 Å². The first-order chi connectivity index (χ1) is 14.2. The van der Waals surface area contributed by atoms with Gasteiger partial charge < -0.3 is 10.2 Å². The molecule has 2 aromatic carbocycles. The number of benzene rings is 2. The average molecular weight is 393 g/mol. The predicted molar refractivity (Wildman–Crippen MR) is 108 cm³/mol. The molecule has 1 saturated heterocycles. The second kappa shape index (κ2) is 8.86. The zero-order valence-electron chi connectivity index (χ0n) is 16.2. The molecular weight excluding hydrogens is 369 g/mol. The SMILES string of the molecule is O=C(NCc1ccc(F)cc1)N1CCCC(Cc2nncn2-c2ccccc2)C1. The Bertz CT molecular complexity index is 941. The third kappa shape index (κ3) is 4.80. The number of hydrogen-bond donors (Lipinski definition) is 1. The number of urea groups is 1. The molecule has 150 valence electrons. The Morgan fingerprint density at radius 2 is 1.93 bits per heavy atom. The molecule has 1 aromatic heterocycles. The van der Waals surface area contributed by atoms with Crippen molar-refractivity contribution in [3.8, 4) is 5.69 Å². The van der Waals surface area contributed by atoms with E-state index in [9.17, 15) is 9.18 Å². The highest BCUT2D eigenvalue weighted by atomic mass is 19.1. The van der Waals surface area contributed by atoms with Crippen molar-refractivity contribution >= 4 is 6.03 Å². The van der Waals surface area contributed by atoms with Gasteiger partial charge in [-0.3, -0.25) is 4.57 Å². The molecular formula is C22H24FN5O. The van der Waals surface area contributed by atoms with Gasteiger partial charge >= 0.3 is 6.03 Å². The molecule has 1 fully saturated rings. The fourth-order valence-electron chi connectivity index (χ4n) is 3.77. The number of aromatic nitrogens is 3. The Hall–Kier alpha value is -3.22. The minimum atomic E-state index is -0.276. The lowest BCUT2D eigenvalue weighted by molar-refractivity contribution is 0.164. The van der Waals surface area contributed by atoms with Crippen LogP contribution in [0.15, 0.2) is 60.9 Å². The second-order valence-corrected chi connectivity index (χ2v) is 7.40. The van der Waals surface area contributed by atoms with Crippen LogP contribution in [0.3, 0.4) is 0 Å². The smallest absolute Gasteiger partial charge is 0.317 e. The van der Waals surface area contributed by atoms with Crippen LogP contribution in [0, 0.1) is 11.7 Å². The predicted octanol–water partition coefficient (Wildman–Crippen LogP) is 3.57. The quantitative estimate of drug-likeness (QED) is 0.721. The van der Waals surface area contributed by atoms with E-state index in [1.165, 1.54) is 12.1 Å². The van der Waals surface area contributed by atoms with Crippen molar-refractivity contribution in [1.82, 2.24) is 25.0 Å². The molecule has 0 saturated carbocycles. The number of halogens is 1. The number of nitrogens with one attached hydrogen (secondary N) is 1. The summed E-state index contributed by atoms with van der Waals surface area (Å²) in [6, 6.07) is 16.1. The van der Waals surface area contributed by atoms with Crippen molar-refractivity contribution in [2.45, 2.75) is 25.8 Å². The molecule has 0 radical (unpaired) electrons. The summed E-state index contributed by atoms with van der Waals surface area (Å²) in [5.41, 5.74) is 1.92. The van der Waals surface area contributed by atoms with Crippen molar-refractivity contribution in [2.75, 3.05) is 13.1 Å². The van der Waals surface area contributed by atoms with E-state index in [4.69, 9.17) is 0 Å². The third-order valence-corrected chi connectivity index (χ3v) is 5.29. The van der Waals surface area contributed by atoms with Gasteiger partial charge in [-0.15, -0.1) is 10.2 Å². The van der Waals surface area contributed by atoms with E-state index < -0.39 is 0 Å². The third-order valence-electron chi connectivity index (χ3n) is 5.29. The van der Waals surface area contributed by atoms with Gasteiger partial charge in [0.2, 0.25) is 0 Å². The fourth-order valence-corrected chi connectivity index (χ4v) is 3.77. The van der Waals surface area contributed by atoms with Crippen LogP contribution >= 0.6 is 0 Å². The van der Waals surface area contributed by atoms with Crippen molar-refractivity contribution < 1.29 is 9.18 Å². The van der Waals surface area contributed by atoms with Crippen LogP contribution in [0.2, 0.25) is 0 Å². The number of piperidine rings is 1. The van der Waals surface area contributed by atoms with Crippen LogP contribution in [-0.4, -0.2) is 38.8 Å². The summed E-state index contributed by atoms with van der Waals surface area (Å²) >= 11 is 0. The molecule has 1 aliphatic heterocycles. The molecule has 7 heteroatoms. The summed E-state index contributed by atoms with van der Waals surface area (Å²) in [5, 5.41) is 11.3. The number of carbonyl (C=O) groups excluding carboxylic acids is 1. The Morgan fingerprint density at radius 3 is 2.72 bits per heavy atom. The van der Waals surface area contributed by atoms with Crippen molar-refractivity contribution in [1.29, 1.82) is 0 Å². The highest BCUT2D eigenvalue weighted by molar-refractivity contribution is 5.74. The van der Waals surface area contributed by atoms with Crippen molar-refractivity contribution in [3.63, 3.8) is 0 Å². The summed E-state index contributed by atoms with van der Waals surface area (Å²) in [4.78, 5) is 14.4. The van der Waals surface area contributed by atoms with E-state index in [2.05, 4.69) is 15.5 Å². The minimum Gasteiger partial charge on any atom is -0.334 e. The number of para-hydroxylation sites is 1. The monoisotopic (exact) mass is 393 g/mol. The maximum absolute atomic E-state index is 13.0. The van der Waals surface area contributed by atoms with Gasteiger partial charge in [-0.1, -0.05) is 30.3 Å². The van der Waals surface area contributed by atoms with Crippen LogP contribution in [0.4, 0.5) is 9.18 Å². The first-order valence-electron chi connectivity index (χ1n) is 9.90. The fraction of sp³-hybridized carbons (Fsp3) is 0.318. The van der Waals surface area contributed by atoms with Gasteiger partial charge in [0, 0.05) is 31.7 Å². The summed E-state index contributed by atoms with van der Waals surface area (Å²) in [7, 11) is 0. The molecule has 3 aromatic rings. The molecule has 1 N–H and O–H groups in total. The second-order valence-electron chi connectivity index (χ2n) is 7.40. The van der Waals surface area contributed by atoms with Crippen LogP contribution in [0.1, 0.15) is 24.2 Å². The van der Waals surface area contributed by atoms with Gasteiger partial charge in [-0.25, -0.2) is 9.18 Å². The first kappa shape index (κ1) is 19.1. The normalized spacial score (nSPS) is 16.6. The van der Waals surface area contributed by atoms with E-state index in [1.807, 2.05) is 39.8 Å². The van der Waals surface area contributed by atoms with E-state index in [0.29, 0.717) is 19.0 Å². The number of carbonyl (C=O) groups is 1. The maximum atomic E-state index is 13.0. The molecule has 0 bridgehead atoms. The van der Waals surface area contributed by atoms with E-state index in [-0.39, 0.29) is 11.8 Å². The largest absolute Gasteiger partial charge is 0.334 e. The highest BCUT2D eigenvalue weighted by Gasteiger charge is 2.25. The topological polar surface area (TPSA) is 63.1 Å². The minimum absolute atomic E-state index is 0.0800. The molecule has 1 aliphatic rings. The molecule has 6 nitrogen and oxygen atoms in total. The molecule has 0 aliphatic carbocycles. The van der Waals surface area contributed by atoms with Crippen LogP contribution in [0.25, 0.3) is 5.69 Å². The summed E-state index contributed by atoms with van der Waals surface area (Å²) in [6.45, 7) is 1.83. The van der Waals surface area contributed by atoms with Crippen LogP contribution in [0.5, 0.6) is 0 Å². The lowest BCUT2D eigenvalue weighted by Gasteiger charge is -2.32. The summed E-state index contributed by atoms with van der Waals surface area (Å²) in [6.07, 6.45) is 4.54. The molecule has 2 amide bonds. The van der Waals surface area contributed by atoms with Gasteiger partial charge in [0.05, 0.1) is 0 Å². The Morgan fingerprint density at radius 1 is 1.14 bits per heavy atom. The zero-order valence-corrected chi connectivity index (χ0v) is 16.2. The van der Waals surface area contributed by atoms with E-state index >= 15 is 0 Å². The van der Waals surface area contributed by atoms with Gasteiger partial charge in [0.15, 0.2) is 0 Å². The molecule has 1 unspecified atom stereocenters. The van der Waals surface area contributed by atoms with E-state index in [1.54, 1.807) is 18.5 Å². The van der Waals surface area contributed by atoms with E-state index in [0.717, 1.165) is 42.9 Å². The van der Waals surface area contributed by atoms with Gasteiger partial charge in [-0.05, 0) is 48.6 Å². The van der Waals surface area contributed by atoms with Gasteiger partial charge in [0.1, 0.15) is 18.0 Å².